The Morgan fingerprint density at radius 3 is 2.67 bits per heavy atom. The minimum absolute atomic E-state index is 0.0648. The van der Waals surface area contributed by atoms with Gasteiger partial charge in [0.05, 0.1) is 17.8 Å². The number of fused-ring (bicyclic) bond motifs is 2. The van der Waals surface area contributed by atoms with Gasteiger partial charge >= 0.3 is 11.8 Å². The number of nitrogens with zero attached hydrogens (tertiary/aromatic N) is 2. The van der Waals surface area contributed by atoms with Gasteiger partial charge < -0.3 is 20.9 Å². The summed E-state index contributed by atoms with van der Waals surface area (Å²) in [6, 6.07) is 6.42. The largest absolute Gasteiger partial charge is 0.361 e. The summed E-state index contributed by atoms with van der Waals surface area (Å²) in [5.74, 6) is -2.60. The van der Waals surface area contributed by atoms with Crippen LogP contribution in [0.2, 0.25) is 0 Å². The van der Waals surface area contributed by atoms with Crippen LogP contribution in [-0.4, -0.2) is 59.1 Å². The second kappa shape index (κ2) is 6.51. The summed E-state index contributed by atoms with van der Waals surface area (Å²) in [5.41, 5.74) is 7.78. The van der Waals surface area contributed by atoms with E-state index in [0.717, 1.165) is 11.1 Å². The molecule has 0 bridgehead atoms. The van der Waals surface area contributed by atoms with Gasteiger partial charge in [-0.05, 0) is 40.1 Å². The Hall–Kier alpha value is -3.20. The maximum absolute atomic E-state index is 13.1. The van der Waals surface area contributed by atoms with Crippen LogP contribution in [0.1, 0.15) is 10.4 Å². The molecule has 0 unspecified atom stereocenters. The van der Waals surface area contributed by atoms with Gasteiger partial charge in [0, 0.05) is 13.1 Å². The van der Waals surface area contributed by atoms with Crippen LogP contribution in [0.5, 0.6) is 0 Å². The van der Waals surface area contributed by atoms with Crippen LogP contribution in [0.4, 0.5) is 5.69 Å². The molecule has 1 aromatic carbocycles. The molecule has 2 aliphatic rings. The molecule has 2 aromatic rings. The van der Waals surface area contributed by atoms with Gasteiger partial charge in [0.15, 0.2) is 0 Å². The fourth-order valence-corrected chi connectivity index (χ4v) is 4.06. The molecule has 1 fully saturated rings. The number of amides is 4. The summed E-state index contributed by atoms with van der Waals surface area (Å²) < 4.78 is 0. The first-order chi connectivity index (χ1) is 13.0. The summed E-state index contributed by atoms with van der Waals surface area (Å²) >= 11 is 1.56. The summed E-state index contributed by atoms with van der Waals surface area (Å²) in [4.78, 5) is 51.4. The molecule has 1 saturated heterocycles. The number of nitrogens with one attached hydrogen (secondary N) is 1. The van der Waals surface area contributed by atoms with Crippen molar-refractivity contribution < 1.29 is 19.2 Å². The number of hydrogen-bond donors (Lipinski definition) is 2. The Morgan fingerprint density at radius 2 is 1.96 bits per heavy atom. The Morgan fingerprint density at radius 1 is 1.15 bits per heavy atom. The number of anilines is 1. The zero-order chi connectivity index (χ0) is 19.1. The number of carbonyl (C=O) groups excluding carboxylic acids is 4. The molecule has 1 atom stereocenters. The third kappa shape index (κ3) is 2.95. The van der Waals surface area contributed by atoms with E-state index in [0.29, 0.717) is 11.3 Å². The molecule has 138 valence electrons. The van der Waals surface area contributed by atoms with Gasteiger partial charge in [-0.25, -0.2) is 0 Å². The molecule has 8 nitrogen and oxygen atoms in total. The first kappa shape index (κ1) is 17.2. The summed E-state index contributed by atoms with van der Waals surface area (Å²) in [7, 11) is 0. The third-order valence-corrected chi connectivity index (χ3v) is 5.49. The van der Waals surface area contributed by atoms with E-state index in [-0.39, 0.29) is 25.5 Å². The van der Waals surface area contributed by atoms with Crippen molar-refractivity contribution in [3.63, 3.8) is 0 Å². The van der Waals surface area contributed by atoms with Gasteiger partial charge in [-0.3, -0.25) is 19.2 Å². The highest BCUT2D eigenvalue weighted by molar-refractivity contribution is 7.08. The number of nitrogens with two attached hydrogens (primary N) is 1. The number of benzene rings is 1. The van der Waals surface area contributed by atoms with E-state index in [1.165, 1.54) is 9.80 Å². The summed E-state index contributed by atoms with van der Waals surface area (Å²) in [6.07, 6.45) is 0. The normalized spacial score (nSPS) is 19.0. The molecule has 3 N–H and O–H groups in total. The summed E-state index contributed by atoms with van der Waals surface area (Å²) in [5, 5.41) is 6.70. The molecular weight excluding hydrogens is 368 g/mol. The van der Waals surface area contributed by atoms with E-state index >= 15 is 0 Å². The predicted molar refractivity (Wildman–Crippen MR) is 99.0 cm³/mol. The number of piperazine rings is 1. The lowest BCUT2D eigenvalue weighted by atomic mass is 10.0. The second-order valence-corrected chi connectivity index (χ2v) is 7.17. The highest BCUT2D eigenvalue weighted by atomic mass is 32.1. The Bertz CT molecular complexity index is 956. The fraction of sp³-hybridized carbons (Fsp3) is 0.222. The van der Waals surface area contributed by atoms with Gasteiger partial charge in [-0.1, -0.05) is 6.07 Å². The molecule has 0 aliphatic carbocycles. The smallest absolute Gasteiger partial charge is 0.311 e. The standard InChI is InChI=1S/C18H16N4O4S/c19-15(23)18(26)21-4-5-22-14(8-21)16(24)20-13-2-1-10(7-12(13)17(22)25)11-3-6-27-9-11/h1-3,6-7,9,14H,4-5,8H2,(H2,19,23)(H,20,24)/t14-/m1/s1. The van der Waals surface area contributed by atoms with Crippen molar-refractivity contribution in [2.45, 2.75) is 6.04 Å². The van der Waals surface area contributed by atoms with Crippen LogP contribution in [0.25, 0.3) is 11.1 Å². The molecule has 0 saturated carbocycles. The van der Waals surface area contributed by atoms with Gasteiger partial charge in [0.1, 0.15) is 6.04 Å². The lowest BCUT2D eigenvalue weighted by Crippen LogP contribution is -2.60. The maximum Gasteiger partial charge on any atom is 0.311 e. The van der Waals surface area contributed by atoms with Gasteiger partial charge in [-0.15, -0.1) is 0 Å². The van der Waals surface area contributed by atoms with Crippen molar-refractivity contribution in [2.24, 2.45) is 5.73 Å². The van der Waals surface area contributed by atoms with Crippen LogP contribution in [0, 0.1) is 0 Å². The monoisotopic (exact) mass is 384 g/mol. The van der Waals surface area contributed by atoms with E-state index in [1.807, 2.05) is 22.9 Å². The van der Waals surface area contributed by atoms with Crippen molar-refractivity contribution in [1.29, 1.82) is 0 Å². The van der Waals surface area contributed by atoms with Gasteiger partial charge in [-0.2, -0.15) is 11.3 Å². The lowest BCUT2D eigenvalue weighted by molar-refractivity contribution is -0.146. The minimum atomic E-state index is -1.08. The first-order valence-electron chi connectivity index (χ1n) is 8.33. The van der Waals surface area contributed by atoms with E-state index in [4.69, 9.17) is 5.73 Å². The van der Waals surface area contributed by atoms with Crippen molar-refractivity contribution >= 4 is 40.7 Å². The van der Waals surface area contributed by atoms with E-state index in [2.05, 4.69) is 5.32 Å². The van der Waals surface area contributed by atoms with E-state index < -0.39 is 23.8 Å². The predicted octanol–water partition coefficient (Wildman–Crippen LogP) is 0.506. The maximum atomic E-state index is 13.1. The Labute approximate surface area is 158 Å². The Kier molecular flexibility index (Phi) is 4.15. The second-order valence-electron chi connectivity index (χ2n) is 6.39. The first-order valence-corrected chi connectivity index (χ1v) is 9.27. The SMILES string of the molecule is NC(=O)C(=O)N1CCN2C(=O)c3cc(-c4ccsc4)ccc3NC(=O)[C@H]2C1. The van der Waals surface area contributed by atoms with E-state index in [1.54, 1.807) is 23.5 Å². The van der Waals surface area contributed by atoms with Crippen LogP contribution >= 0.6 is 11.3 Å². The zero-order valence-corrected chi connectivity index (χ0v) is 15.0. The topological polar surface area (TPSA) is 113 Å². The zero-order valence-electron chi connectivity index (χ0n) is 14.2. The van der Waals surface area contributed by atoms with Crippen LogP contribution in [0.15, 0.2) is 35.0 Å². The molecular formula is C18H16N4O4S. The van der Waals surface area contributed by atoms with E-state index in [9.17, 15) is 19.2 Å². The average Bonchev–Trinajstić information content (AvgIpc) is 3.18. The van der Waals surface area contributed by atoms with Crippen molar-refractivity contribution in [3.8, 4) is 11.1 Å². The minimum Gasteiger partial charge on any atom is -0.361 e. The lowest BCUT2D eigenvalue weighted by Gasteiger charge is -2.38. The average molecular weight is 384 g/mol. The van der Waals surface area contributed by atoms with Crippen molar-refractivity contribution in [2.75, 3.05) is 25.0 Å². The van der Waals surface area contributed by atoms with Crippen molar-refractivity contribution in [1.82, 2.24) is 9.80 Å². The highest BCUT2D eigenvalue weighted by Gasteiger charge is 2.41. The molecule has 2 aliphatic heterocycles. The number of thiophene rings is 1. The molecule has 0 spiro atoms. The third-order valence-electron chi connectivity index (χ3n) is 4.80. The molecule has 0 radical (unpaired) electrons. The molecule has 9 heteroatoms. The highest BCUT2D eigenvalue weighted by Crippen LogP contribution is 2.31. The number of primary amides is 1. The molecule has 1 aromatic heterocycles. The fourth-order valence-electron chi connectivity index (χ4n) is 3.40. The van der Waals surface area contributed by atoms with Crippen LogP contribution in [-0.2, 0) is 14.4 Å². The number of carbonyl (C=O) groups is 4. The number of hydrogen-bond acceptors (Lipinski definition) is 5. The number of rotatable bonds is 1. The molecule has 27 heavy (non-hydrogen) atoms. The molecule has 3 heterocycles. The molecule has 4 rings (SSSR count). The van der Waals surface area contributed by atoms with Gasteiger partial charge in [0.2, 0.25) is 5.91 Å². The van der Waals surface area contributed by atoms with Crippen LogP contribution in [0.3, 0.4) is 0 Å². The quantitative estimate of drug-likeness (QED) is 0.697. The summed E-state index contributed by atoms with van der Waals surface area (Å²) in [6.45, 7) is 0.236. The Balaban J connectivity index is 1.67. The van der Waals surface area contributed by atoms with Crippen LogP contribution < -0.4 is 11.1 Å². The van der Waals surface area contributed by atoms with Gasteiger partial charge in [0.25, 0.3) is 5.91 Å². The van der Waals surface area contributed by atoms with Crippen molar-refractivity contribution in [3.05, 3.63) is 40.6 Å². The molecule has 4 amide bonds.